The van der Waals surface area contributed by atoms with Crippen LogP contribution in [-0.4, -0.2) is 39.7 Å². The molecule has 2 N–H and O–H groups in total. The molecule has 1 aliphatic heterocycles. The number of nitrogens with two attached hydrogens (primary N) is 1. The maximum atomic E-state index is 11.9. The van der Waals surface area contributed by atoms with Crippen molar-refractivity contribution in [3.8, 4) is 5.75 Å². The Morgan fingerprint density at radius 3 is 2.75 bits per heavy atom. The van der Waals surface area contributed by atoms with E-state index in [1.54, 1.807) is 12.1 Å². The first-order chi connectivity index (χ1) is 9.36. The molecular formula is C13H18N2O4S. The predicted molar refractivity (Wildman–Crippen MR) is 76.7 cm³/mol. The highest BCUT2D eigenvalue weighted by molar-refractivity contribution is 7.92. The van der Waals surface area contributed by atoms with Crippen molar-refractivity contribution in [3.05, 3.63) is 23.8 Å². The van der Waals surface area contributed by atoms with Gasteiger partial charge in [-0.25, -0.2) is 8.42 Å². The summed E-state index contributed by atoms with van der Waals surface area (Å²) in [7, 11) is -3.42. The second kappa shape index (κ2) is 5.41. The summed E-state index contributed by atoms with van der Waals surface area (Å²) >= 11 is 0. The van der Waals surface area contributed by atoms with Crippen molar-refractivity contribution >= 4 is 21.5 Å². The summed E-state index contributed by atoms with van der Waals surface area (Å²) < 4.78 is 30.9. The molecule has 1 atom stereocenters. The third-order valence-corrected chi connectivity index (χ3v) is 4.40. The number of fused-ring (bicyclic) bond motifs is 1. The normalized spacial score (nSPS) is 18.4. The first-order valence-corrected chi connectivity index (χ1v) is 8.23. The minimum absolute atomic E-state index is 0.115. The number of sulfonamides is 1. The van der Waals surface area contributed by atoms with Gasteiger partial charge in [0.15, 0.2) is 5.78 Å². The Balaban J connectivity index is 2.52. The fraction of sp³-hybridized carbons (Fsp3) is 0.462. The lowest BCUT2D eigenvalue weighted by molar-refractivity contribution is 0.100. The molecule has 0 saturated heterocycles. The molecule has 0 aliphatic carbocycles. The molecule has 1 aliphatic rings. The molecule has 0 aromatic heterocycles. The first-order valence-electron chi connectivity index (χ1n) is 6.38. The molecule has 1 aromatic rings. The van der Waals surface area contributed by atoms with Crippen molar-refractivity contribution in [1.29, 1.82) is 0 Å². The van der Waals surface area contributed by atoms with Crippen LogP contribution in [0.3, 0.4) is 0 Å². The van der Waals surface area contributed by atoms with E-state index in [-0.39, 0.29) is 25.0 Å². The van der Waals surface area contributed by atoms with Gasteiger partial charge in [-0.05, 0) is 24.6 Å². The Bertz CT molecular complexity index is 627. The lowest BCUT2D eigenvalue weighted by Crippen LogP contribution is -2.42. The maximum Gasteiger partial charge on any atom is 0.232 e. The van der Waals surface area contributed by atoms with Crippen molar-refractivity contribution in [1.82, 2.24) is 0 Å². The van der Waals surface area contributed by atoms with Gasteiger partial charge in [0.05, 0.1) is 25.0 Å². The highest BCUT2D eigenvalue weighted by atomic mass is 32.2. The van der Waals surface area contributed by atoms with Crippen LogP contribution in [0.5, 0.6) is 5.75 Å². The number of rotatable bonds is 4. The lowest BCUT2D eigenvalue weighted by atomic mass is 10.1. The Morgan fingerprint density at radius 2 is 2.20 bits per heavy atom. The molecule has 0 fully saturated rings. The molecule has 0 spiro atoms. The van der Waals surface area contributed by atoms with Crippen molar-refractivity contribution in [2.45, 2.75) is 19.4 Å². The minimum atomic E-state index is -3.42. The summed E-state index contributed by atoms with van der Waals surface area (Å²) in [4.78, 5) is 11.6. The molecule has 0 saturated carbocycles. The van der Waals surface area contributed by atoms with Crippen LogP contribution in [0.1, 0.15) is 23.7 Å². The van der Waals surface area contributed by atoms with Crippen molar-refractivity contribution in [2.24, 2.45) is 5.73 Å². The Kier molecular flexibility index (Phi) is 4.01. The molecule has 1 unspecified atom stereocenters. The van der Waals surface area contributed by atoms with E-state index in [1.165, 1.54) is 10.4 Å². The van der Waals surface area contributed by atoms with Gasteiger partial charge in [-0.3, -0.25) is 9.10 Å². The van der Waals surface area contributed by atoms with Crippen molar-refractivity contribution in [3.63, 3.8) is 0 Å². The highest BCUT2D eigenvalue weighted by Crippen LogP contribution is 2.36. The van der Waals surface area contributed by atoms with E-state index in [0.29, 0.717) is 23.4 Å². The van der Waals surface area contributed by atoms with E-state index in [9.17, 15) is 13.2 Å². The summed E-state index contributed by atoms with van der Waals surface area (Å²) in [5.74, 6) is 0.237. The zero-order valence-corrected chi connectivity index (χ0v) is 12.3. The number of nitrogens with zero attached hydrogens (tertiary/aromatic N) is 1. The van der Waals surface area contributed by atoms with E-state index >= 15 is 0 Å². The van der Waals surface area contributed by atoms with Crippen LogP contribution in [0.15, 0.2) is 18.2 Å². The second-order valence-corrected chi connectivity index (χ2v) is 6.66. The third-order valence-electron chi connectivity index (χ3n) is 3.25. The Morgan fingerprint density at radius 1 is 1.50 bits per heavy atom. The molecule has 1 aromatic carbocycles. The average Bonchev–Trinajstić information content (AvgIpc) is 2.43. The summed E-state index contributed by atoms with van der Waals surface area (Å²) in [6.45, 7) is 2.07. The van der Waals surface area contributed by atoms with E-state index in [4.69, 9.17) is 10.5 Å². The summed E-state index contributed by atoms with van der Waals surface area (Å²) in [6, 6.07) is 4.75. The van der Waals surface area contributed by atoms with E-state index < -0.39 is 10.0 Å². The number of carbonyl (C=O) groups is 1. The lowest BCUT2D eigenvalue weighted by Gasteiger charge is -2.34. The van der Waals surface area contributed by atoms with Gasteiger partial charge in [-0.1, -0.05) is 6.92 Å². The minimum Gasteiger partial charge on any atom is -0.486 e. The zero-order chi connectivity index (χ0) is 14.9. The standard InChI is InChI=1S/C13H18N2O4S/c1-3-10-8-15(20(2,17)18)11-6-9(12(16)7-14)4-5-13(11)19-10/h4-6,10H,3,7-8,14H2,1-2H3. The molecule has 7 heteroatoms. The number of Topliss-reactive ketones (excluding diaryl/α,β-unsaturated/α-hetero) is 1. The number of carbonyl (C=O) groups excluding carboxylic acids is 1. The Labute approximate surface area is 118 Å². The van der Waals surface area contributed by atoms with Gasteiger partial charge in [0.2, 0.25) is 10.0 Å². The number of hydrogen-bond donors (Lipinski definition) is 1. The van der Waals surface area contributed by atoms with Gasteiger partial charge in [0, 0.05) is 5.56 Å². The fourth-order valence-electron chi connectivity index (χ4n) is 2.13. The third kappa shape index (κ3) is 2.78. The van der Waals surface area contributed by atoms with E-state index in [1.807, 2.05) is 6.92 Å². The van der Waals surface area contributed by atoms with Crippen LogP contribution in [0.25, 0.3) is 0 Å². The average molecular weight is 298 g/mol. The zero-order valence-electron chi connectivity index (χ0n) is 11.5. The fourth-order valence-corrected chi connectivity index (χ4v) is 3.07. The van der Waals surface area contributed by atoms with Crippen LogP contribution < -0.4 is 14.8 Å². The number of ether oxygens (including phenoxy) is 1. The molecule has 2 rings (SSSR count). The van der Waals surface area contributed by atoms with E-state index in [2.05, 4.69) is 0 Å². The summed E-state index contributed by atoms with van der Waals surface area (Å²) in [5, 5.41) is 0. The number of benzene rings is 1. The molecule has 20 heavy (non-hydrogen) atoms. The van der Waals surface area contributed by atoms with Crippen LogP contribution in [0.4, 0.5) is 5.69 Å². The van der Waals surface area contributed by atoms with Gasteiger partial charge in [-0.2, -0.15) is 0 Å². The number of hydrogen-bond acceptors (Lipinski definition) is 5. The molecular weight excluding hydrogens is 280 g/mol. The first kappa shape index (κ1) is 14.8. The molecule has 0 amide bonds. The SMILES string of the molecule is CCC1CN(S(C)(=O)=O)c2cc(C(=O)CN)ccc2O1. The number of ketones is 1. The molecule has 6 nitrogen and oxygen atoms in total. The smallest absolute Gasteiger partial charge is 0.232 e. The van der Waals surface area contributed by atoms with Gasteiger partial charge in [0.25, 0.3) is 0 Å². The van der Waals surface area contributed by atoms with Crippen LogP contribution >= 0.6 is 0 Å². The van der Waals surface area contributed by atoms with Gasteiger partial charge < -0.3 is 10.5 Å². The largest absolute Gasteiger partial charge is 0.486 e. The van der Waals surface area contributed by atoms with Gasteiger partial charge in [0.1, 0.15) is 11.9 Å². The summed E-state index contributed by atoms with van der Waals surface area (Å²) in [5.41, 5.74) is 6.12. The molecule has 0 bridgehead atoms. The number of anilines is 1. The van der Waals surface area contributed by atoms with Gasteiger partial charge >= 0.3 is 0 Å². The quantitative estimate of drug-likeness (QED) is 0.829. The van der Waals surface area contributed by atoms with Crippen LogP contribution in [-0.2, 0) is 10.0 Å². The monoisotopic (exact) mass is 298 g/mol. The Hall–Kier alpha value is -1.60. The summed E-state index contributed by atoms with van der Waals surface area (Å²) in [6.07, 6.45) is 1.66. The molecule has 110 valence electrons. The van der Waals surface area contributed by atoms with Gasteiger partial charge in [-0.15, -0.1) is 0 Å². The second-order valence-electron chi connectivity index (χ2n) is 4.75. The molecule has 1 heterocycles. The van der Waals surface area contributed by atoms with Crippen molar-refractivity contribution < 1.29 is 17.9 Å². The van der Waals surface area contributed by atoms with Crippen molar-refractivity contribution in [2.75, 3.05) is 23.7 Å². The maximum absolute atomic E-state index is 11.9. The molecule has 0 radical (unpaired) electrons. The highest BCUT2D eigenvalue weighted by Gasteiger charge is 2.30. The predicted octanol–water partition coefficient (Wildman–Crippen LogP) is 0.765. The van der Waals surface area contributed by atoms with Crippen LogP contribution in [0.2, 0.25) is 0 Å². The van der Waals surface area contributed by atoms with E-state index in [0.717, 1.165) is 6.26 Å². The van der Waals surface area contributed by atoms with Crippen LogP contribution in [0, 0.1) is 0 Å². The topological polar surface area (TPSA) is 89.7 Å².